The number of nitrogens with one attached hydrogen (secondary N) is 1. The Kier molecular flexibility index (Phi) is 5.57. The molecule has 1 aliphatic heterocycles. The fourth-order valence-corrected chi connectivity index (χ4v) is 6.50. The van der Waals surface area contributed by atoms with Gasteiger partial charge < -0.3 is 5.32 Å². The molecule has 0 aliphatic carbocycles. The Morgan fingerprint density at radius 2 is 1.93 bits per heavy atom. The SMILES string of the molecule is O=S(=O)(c1ccc2ccccc2c1)N1CC(S)CC1CNCc1cccs1. The van der Waals surface area contributed by atoms with Gasteiger partial charge in [-0.05, 0) is 40.8 Å². The molecule has 4 nitrogen and oxygen atoms in total. The van der Waals surface area contributed by atoms with Gasteiger partial charge in [-0.15, -0.1) is 11.3 Å². The summed E-state index contributed by atoms with van der Waals surface area (Å²) in [5.74, 6) is 0. The minimum absolute atomic E-state index is 0.0637. The molecule has 27 heavy (non-hydrogen) atoms. The molecule has 0 amide bonds. The largest absolute Gasteiger partial charge is 0.310 e. The van der Waals surface area contributed by atoms with E-state index in [0.29, 0.717) is 18.0 Å². The maximum atomic E-state index is 13.3. The molecule has 1 aromatic heterocycles. The first-order valence-corrected chi connectivity index (χ1v) is 11.8. The first-order valence-electron chi connectivity index (χ1n) is 8.96. The van der Waals surface area contributed by atoms with Gasteiger partial charge >= 0.3 is 0 Å². The van der Waals surface area contributed by atoms with Gasteiger partial charge in [0.25, 0.3) is 0 Å². The van der Waals surface area contributed by atoms with E-state index in [4.69, 9.17) is 0 Å². The predicted octanol–water partition coefficient (Wildman–Crippen LogP) is 3.75. The van der Waals surface area contributed by atoms with E-state index < -0.39 is 10.0 Å². The molecule has 1 aliphatic rings. The molecule has 0 bridgehead atoms. The van der Waals surface area contributed by atoms with Crippen LogP contribution in [0.2, 0.25) is 0 Å². The van der Waals surface area contributed by atoms with Crippen LogP contribution in [-0.4, -0.2) is 37.1 Å². The predicted molar refractivity (Wildman–Crippen MR) is 115 cm³/mol. The Labute approximate surface area is 169 Å². The molecule has 2 unspecified atom stereocenters. The van der Waals surface area contributed by atoms with Crippen LogP contribution in [0.25, 0.3) is 10.8 Å². The van der Waals surface area contributed by atoms with E-state index in [0.717, 1.165) is 23.7 Å². The number of rotatable bonds is 6. The van der Waals surface area contributed by atoms with Crippen LogP contribution in [0, 0.1) is 0 Å². The van der Waals surface area contributed by atoms with Crippen LogP contribution in [0.1, 0.15) is 11.3 Å². The molecular formula is C20H22N2O2S3. The van der Waals surface area contributed by atoms with E-state index in [1.54, 1.807) is 27.8 Å². The summed E-state index contributed by atoms with van der Waals surface area (Å²) >= 11 is 6.27. The van der Waals surface area contributed by atoms with Crippen LogP contribution < -0.4 is 5.32 Å². The van der Waals surface area contributed by atoms with Crippen molar-refractivity contribution in [1.29, 1.82) is 0 Å². The van der Waals surface area contributed by atoms with E-state index in [1.807, 2.05) is 41.8 Å². The molecule has 2 aromatic carbocycles. The summed E-state index contributed by atoms with van der Waals surface area (Å²) in [5.41, 5.74) is 0. The number of hydrogen-bond acceptors (Lipinski definition) is 5. The van der Waals surface area contributed by atoms with Crippen LogP contribution >= 0.6 is 24.0 Å². The van der Waals surface area contributed by atoms with Gasteiger partial charge in [-0.2, -0.15) is 16.9 Å². The van der Waals surface area contributed by atoms with Crippen LogP contribution in [0.4, 0.5) is 0 Å². The summed E-state index contributed by atoms with van der Waals surface area (Å²) in [6.45, 7) is 1.83. The highest BCUT2D eigenvalue weighted by Gasteiger charge is 2.38. The molecule has 3 aromatic rings. The van der Waals surface area contributed by atoms with Gasteiger partial charge in [-0.25, -0.2) is 8.42 Å². The summed E-state index contributed by atoms with van der Waals surface area (Å²) in [5, 5.41) is 7.49. The molecule has 0 spiro atoms. The third-order valence-electron chi connectivity index (χ3n) is 4.93. The van der Waals surface area contributed by atoms with Crippen molar-refractivity contribution >= 4 is 44.8 Å². The molecule has 2 atom stereocenters. The molecule has 4 rings (SSSR count). The summed E-state index contributed by atoms with van der Waals surface area (Å²) < 4.78 is 28.2. The lowest BCUT2D eigenvalue weighted by Crippen LogP contribution is -2.41. The van der Waals surface area contributed by atoms with Crippen LogP contribution in [0.3, 0.4) is 0 Å². The standard InChI is InChI=1S/C20H22N2O2S3/c23-27(24,20-8-7-15-4-1-2-5-16(15)10-20)22-14-18(25)11-17(22)12-21-13-19-6-3-9-26-19/h1-10,17-18,21,25H,11-14H2. The van der Waals surface area contributed by atoms with E-state index in [2.05, 4.69) is 24.0 Å². The van der Waals surface area contributed by atoms with Crippen molar-refractivity contribution < 1.29 is 8.42 Å². The minimum atomic E-state index is -3.55. The molecule has 2 heterocycles. The van der Waals surface area contributed by atoms with Crippen molar-refractivity contribution in [3.8, 4) is 0 Å². The molecule has 142 valence electrons. The summed E-state index contributed by atoms with van der Waals surface area (Å²) in [7, 11) is -3.55. The highest BCUT2D eigenvalue weighted by atomic mass is 32.2. The number of fused-ring (bicyclic) bond motifs is 1. The zero-order valence-electron chi connectivity index (χ0n) is 14.8. The van der Waals surface area contributed by atoms with Crippen molar-refractivity contribution in [1.82, 2.24) is 9.62 Å². The summed E-state index contributed by atoms with van der Waals surface area (Å²) in [6.07, 6.45) is 0.757. The lowest BCUT2D eigenvalue weighted by molar-refractivity contribution is 0.372. The average Bonchev–Trinajstić information content (AvgIpc) is 3.31. The molecule has 1 fully saturated rings. The Hall–Kier alpha value is -1.38. The Bertz CT molecular complexity index is 1020. The lowest BCUT2D eigenvalue weighted by Gasteiger charge is -2.24. The first-order chi connectivity index (χ1) is 13.0. The van der Waals surface area contributed by atoms with Gasteiger partial charge in [0.15, 0.2) is 0 Å². The number of benzene rings is 2. The Morgan fingerprint density at radius 1 is 1.11 bits per heavy atom. The van der Waals surface area contributed by atoms with Crippen molar-refractivity contribution in [2.45, 2.75) is 29.2 Å². The second kappa shape index (κ2) is 7.93. The maximum absolute atomic E-state index is 13.3. The first kappa shape index (κ1) is 19.0. The van der Waals surface area contributed by atoms with E-state index in [1.165, 1.54) is 4.88 Å². The molecule has 1 saturated heterocycles. The highest BCUT2D eigenvalue weighted by Crippen LogP contribution is 2.30. The van der Waals surface area contributed by atoms with Gasteiger partial charge in [0.1, 0.15) is 0 Å². The molecule has 7 heteroatoms. The van der Waals surface area contributed by atoms with Gasteiger partial charge in [0.05, 0.1) is 4.90 Å². The minimum Gasteiger partial charge on any atom is -0.310 e. The van der Waals surface area contributed by atoms with Gasteiger partial charge in [0, 0.05) is 35.8 Å². The van der Waals surface area contributed by atoms with Crippen LogP contribution in [-0.2, 0) is 16.6 Å². The van der Waals surface area contributed by atoms with Crippen LogP contribution in [0.5, 0.6) is 0 Å². The average molecular weight is 419 g/mol. The Morgan fingerprint density at radius 3 is 2.70 bits per heavy atom. The molecule has 0 radical (unpaired) electrons. The number of hydrogen-bond donors (Lipinski definition) is 2. The molecule has 1 N–H and O–H groups in total. The third kappa shape index (κ3) is 4.07. The Balaban J connectivity index is 1.54. The quantitative estimate of drug-likeness (QED) is 0.600. The van der Waals surface area contributed by atoms with Gasteiger partial charge in [0.2, 0.25) is 10.0 Å². The third-order valence-corrected chi connectivity index (χ3v) is 8.09. The fraction of sp³-hybridized carbons (Fsp3) is 0.300. The van der Waals surface area contributed by atoms with Crippen molar-refractivity contribution in [2.75, 3.05) is 13.1 Å². The molecular weight excluding hydrogens is 396 g/mol. The fourth-order valence-electron chi connectivity index (χ4n) is 3.58. The van der Waals surface area contributed by atoms with Crippen molar-refractivity contribution in [3.63, 3.8) is 0 Å². The number of nitrogens with zero attached hydrogens (tertiary/aromatic N) is 1. The van der Waals surface area contributed by atoms with Crippen molar-refractivity contribution in [3.05, 3.63) is 64.9 Å². The van der Waals surface area contributed by atoms with Crippen molar-refractivity contribution in [2.24, 2.45) is 0 Å². The van der Waals surface area contributed by atoms with E-state index >= 15 is 0 Å². The monoisotopic (exact) mass is 418 g/mol. The van der Waals surface area contributed by atoms with Gasteiger partial charge in [-0.1, -0.05) is 36.4 Å². The molecule has 0 saturated carbocycles. The second-order valence-corrected chi connectivity index (χ2v) is 10.5. The van der Waals surface area contributed by atoms with E-state index in [-0.39, 0.29) is 11.3 Å². The number of thiophene rings is 1. The second-order valence-electron chi connectivity index (χ2n) is 6.84. The lowest BCUT2D eigenvalue weighted by atomic mass is 10.1. The smallest absolute Gasteiger partial charge is 0.243 e. The highest BCUT2D eigenvalue weighted by molar-refractivity contribution is 7.89. The van der Waals surface area contributed by atoms with E-state index in [9.17, 15) is 8.42 Å². The zero-order chi connectivity index (χ0) is 18.9. The van der Waals surface area contributed by atoms with Crippen LogP contribution in [0.15, 0.2) is 64.9 Å². The normalized spacial score (nSPS) is 21.1. The van der Waals surface area contributed by atoms with Gasteiger partial charge in [-0.3, -0.25) is 0 Å². The number of thiol groups is 1. The topological polar surface area (TPSA) is 49.4 Å². The summed E-state index contributed by atoms with van der Waals surface area (Å²) in [4.78, 5) is 1.60. The number of sulfonamides is 1. The summed E-state index contributed by atoms with van der Waals surface area (Å²) in [6, 6.07) is 17.2. The zero-order valence-corrected chi connectivity index (χ0v) is 17.3. The maximum Gasteiger partial charge on any atom is 0.243 e.